The zero-order valence-electron chi connectivity index (χ0n) is 13.4. The van der Waals surface area contributed by atoms with Crippen molar-refractivity contribution in [3.63, 3.8) is 0 Å². The summed E-state index contributed by atoms with van der Waals surface area (Å²) in [4.78, 5) is 0. The Hall–Kier alpha value is -1.16. The van der Waals surface area contributed by atoms with Crippen LogP contribution in [-0.2, 0) is 13.6 Å². The van der Waals surface area contributed by atoms with E-state index in [1.54, 1.807) is 32.1 Å². The summed E-state index contributed by atoms with van der Waals surface area (Å²) in [6.07, 6.45) is 5.62. The van der Waals surface area contributed by atoms with Crippen LogP contribution in [0.2, 0.25) is 0 Å². The number of hydrogen-bond donors (Lipinski definition) is 1. The Bertz CT molecular complexity index is 495. The molecule has 0 amide bonds. The van der Waals surface area contributed by atoms with Gasteiger partial charge in [-0.3, -0.25) is 4.57 Å². The van der Waals surface area contributed by atoms with Crippen LogP contribution in [0.3, 0.4) is 0 Å². The number of hydrogen-bond acceptors (Lipinski definition) is 4. The Morgan fingerprint density at radius 1 is 1.18 bits per heavy atom. The molecule has 0 saturated heterocycles. The highest BCUT2D eigenvalue weighted by Crippen LogP contribution is 2.53. The van der Waals surface area contributed by atoms with Crippen molar-refractivity contribution in [2.24, 2.45) is 0 Å². The van der Waals surface area contributed by atoms with Gasteiger partial charge in [-0.2, -0.15) is 0 Å². The number of rotatable bonds is 10. The largest absolute Gasteiger partial charge is 0.368 e. The first kappa shape index (κ1) is 18.9. The molecule has 1 N–H and O–H groups in total. The van der Waals surface area contributed by atoms with Crippen LogP contribution < -0.4 is 5.32 Å². The predicted molar refractivity (Wildman–Crippen MR) is 88.7 cm³/mol. The summed E-state index contributed by atoms with van der Waals surface area (Å²) < 4.78 is 36.8. The van der Waals surface area contributed by atoms with Crippen molar-refractivity contribution >= 4 is 13.3 Å². The SMILES string of the molecule is CCC/C=C/C(Nc1ccc(F)cc1)P(=O)(OCC)OCC. The molecular weight excluding hydrogens is 304 g/mol. The van der Waals surface area contributed by atoms with E-state index in [0.717, 1.165) is 12.8 Å². The highest BCUT2D eigenvalue weighted by atomic mass is 31.2. The molecule has 1 aromatic rings. The Morgan fingerprint density at radius 2 is 1.77 bits per heavy atom. The average molecular weight is 329 g/mol. The molecule has 0 saturated carbocycles. The molecule has 1 atom stereocenters. The molecule has 0 radical (unpaired) electrons. The van der Waals surface area contributed by atoms with Gasteiger partial charge < -0.3 is 14.4 Å². The van der Waals surface area contributed by atoms with Gasteiger partial charge in [-0.1, -0.05) is 25.5 Å². The molecule has 1 rings (SSSR count). The van der Waals surface area contributed by atoms with E-state index in [2.05, 4.69) is 12.2 Å². The predicted octanol–water partition coefficient (Wildman–Crippen LogP) is 5.19. The molecule has 0 spiro atoms. The maximum absolute atomic E-state index is 13.0. The van der Waals surface area contributed by atoms with Gasteiger partial charge in [0.15, 0.2) is 0 Å². The van der Waals surface area contributed by atoms with E-state index < -0.39 is 13.4 Å². The van der Waals surface area contributed by atoms with Crippen LogP contribution in [0.4, 0.5) is 10.1 Å². The van der Waals surface area contributed by atoms with Gasteiger partial charge in [0.25, 0.3) is 0 Å². The standard InChI is InChI=1S/C16H25FNO3P/c1-4-7-8-9-16(22(19,20-5-2)21-6-3)18-15-12-10-14(17)11-13-15/h8-13,16,18H,4-7H2,1-3H3/b9-8+. The van der Waals surface area contributed by atoms with E-state index in [4.69, 9.17) is 9.05 Å². The molecule has 124 valence electrons. The van der Waals surface area contributed by atoms with Crippen molar-refractivity contribution in [1.29, 1.82) is 0 Å². The Morgan fingerprint density at radius 3 is 2.27 bits per heavy atom. The minimum atomic E-state index is -3.34. The van der Waals surface area contributed by atoms with Crippen LogP contribution in [0.25, 0.3) is 0 Å². The summed E-state index contributed by atoms with van der Waals surface area (Å²) in [5, 5.41) is 3.11. The first-order valence-electron chi connectivity index (χ1n) is 7.63. The maximum Gasteiger partial charge on any atom is 0.356 e. The normalized spacial score (nSPS) is 13.5. The van der Waals surface area contributed by atoms with Crippen LogP contribution >= 0.6 is 7.60 Å². The van der Waals surface area contributed by atoms with Crippen LogP contribution in [0.15, 0.2) is 36.4 Å². The second-order valence-electron chi connectivity index (χ2n) is 4.69. The monoisotopic (exact) mass is 329 g/mol. The zero-order valence-corrected chi connectivity index (χ0v) is 14.3. The summed E-state index contributed by atoms with van der Waals surface area (Å²) in [6, 6.07) is 5.89. The van der Waals surface area contributed by atoms with Crippen molar-refractivity contribution < 1.29 is 18.0 Å². The fourth-order valence-electron chi connectivity index (χ4n) is 1.90. The minimum absolute atomic E-state index is 0.292. The van der Waals surface area contributed by atoms with Crippen molar-refractivity contribution in [2.75, 3.05) is 18.5 Å². The van der Waals surface area contributed by atoms with E-state index in [1.165, 1.54) is 12.1 Å². The maximum atomic E-state index is 13.0. The molecular formula is C16H25FNO3P. The molecule has 0 aliphatic rings. The highest BCUT2D eigenvalue weighted by Gasteiger charge is 2.33. The van der Waals surface area contributed by atoms with Crippen molar-refractivity contribution in [3.05, 3.63) is 42.2 Å². The molecule has 0 aliphatic carbocycles. The zero-order chi connectivity index (χ0) is 16.4. The molecule has 0 bridgehead atoms. The van der Waals surface area contributed by atoms with E-state index in [9.17, 15) is 8.96 Å². The summed E-state index contributed by atoms with van der Waals surface area (Å²) in [6.45, 7) is 6.20. The van der Waals surface area contributed by atoms with Crippen molar-refractivity contribution in [2.45, 2.75) is 39.4 Å². The molecule has 1 aromatic carbocycles. The average Bonchev–Trinajstić information content (AvgIpc) is 2.49. The third-order valence-electron chi connectivity index (χ3n) is 2.89. The van der Waals surface area contributed by atoms with E-state index in [1.807, 2.05) is 6.08 Å². The molecule has 1 unspecified atom stereocenters. The van der Waals surface area contributed by atoms with Gasteiger partial charge in [0.2, 0.25) is 0 Å². The summed E-state index contributed by atoms with van der Waals surface area (Å²) in [7, 11) is -3.34. The van der Waals surface area contributed by atoms with E-state index in [0.29, 0.717) is 18.9 Å². The number of nitrogens with one attached hydrogen (secondary N) is 1. The molecule has 0 aliphatic heterocycles. The summed E-state index contributed by atoms with van der Waals surface area (Å²) >= 11 is 0. The lowest BCUT2D eigenvalue weighted by Crippen LogP contribution is -2.20. The highest BCUT2D eigenvalue weighted by molar-refractivity contribution is 7.55. The number of allylic oxidation sites excluding steroid dienone is 1. The quantitative estimate of drug-likeness (QED) is 0.474. The molecule has 0 heterocycles. The summed E-state index contributed by atoms with van der Waals surface area (Å²) in [5.41, 5.74) is 0.659. The van der Waals surface area contributed by atoms with Gasteiger partial charge in [-0.15, -0.1) is 0 Å². The smallest absolute Gasteiger partial charge is 0.356 e. The van der Waals surface area contributed by atoms with Gasteiger partial charge in [-0.25, -0.2) is 4.39 Å². The van der Waals surface area contributed by atoms with E-state index in [-0.39, 0.29) is 5.82 Å². The van der Waals surface area contributed by atoms with Crippen molar-refractivity contribution in [3.8, 4) is 0 Å². The number of unbranched alkanes of at least 4 members (excludes halogenated alkanes) is 1. The Labute approximate surface area is 132 Å². The lowest BCUT2D eigenvalue weighted by molar-refractivity contribution is 0.217. The number of halogens is 1. The van der Waals surface area contributed by atoms with Crippen LogP contribution in [0.1, 0.15) is 33.6 Å². The molecule has 4 nitrogen and oxygen atoms in total. The minimum Gasteiger partial charge on any atom is -0.368 e. The molecule has 6 heteroatoms. The third kappa shape index (κ3) is 5.91. The molecule has 0 aromatic heterocycles. The molecule has 0 fully saturated rings. The van der Waals surface area contributed by atoms with Gasteiger partial charge in [0.05, 0.1) is 13.2 Å². The second kappa shape index (κ2) is 9.78. The third-order valence-corrected chi connectivity index (χ3v) is 5.11. The van der Waals surface area contributed by atoms with E-state index >= 15 is 0 Å². The van der Waals surface area contributed by atoms with Crippen LogP contribution in [0, 0.1) is 5.82 Å². The lowest BCUT2D eigenvalue weighted by atomic mass is 10.3. The van der Waals surface area contributed by atoms with Gasteiger partial charge in [0.1, 0.15) is 11.6 Å². The van der Waals surface area contributed by atoms with Crippen molar-refractivity contribution in [1.82, 2.24) is 0 Å². The lowest BCUT2D eigenvalue weighted by Gasteiger charge is -2.25. The van der Waals surface area contributed by atoms with Gasteiger partial charge in [-0.05, 0) is 44.5 Å². The fraction of sp³-hybridized carbons (Fsp3) is 0.500. The van der Waals surface area contributed by atoms with Gasteiger partial charge in [0, 0.05) is 5.69 Å². The molecule has 22 heavy (non-hydrogen) atoms. The first-order valence-corrected chi connectivity index (χ1v) is 9.24. The summed E-state index contributed by atoms with van der Waals surface area (Å²) in [5.74, 6) is -0.925. The topological polar surface area (TPSA) is 47.6 Å². The van der Waals surface area contributed by atoms with Crippen LogP contribution in [0.5, 0.6) is 0 Å². The number of benzene rings is 1. The Kier molecular flexibility index (Phi) is 8.39. The second-order valence-corrected chi connectivity index (χ2v) is 6.84. The number of anilines is 1. The first-order chi connectivity index (χ1) is 10.6. The van der Waals surface area contributed by atoms with Crippen LogP contribution in [-0.4, -0.2) is 19.0 Å². The van der Waals surface area contributed by atoms with Gasteiger partial charge >= 0.3 is 7.60 Å². The fourth-order valence-corrected chi connectivity index (χ4v) is 3.65. The Balaban J connectivity index is 2.99.